The normalized spacial score (nSPS) is 13.2. The molecule has 1 amide bonds. The van der Waals surface area contributed by atoms with Crippen molar-refractivity contribution in [3.05, 3.63) is 39.8 Å². The van der Waals surface area contributed by atoms with Crippen LogP contribution in [0, 0.1) is 12.3 Å². The molecule has 5 nitrogen and oxygen atoms in total. The molecule has 0 atom stereocenters. The predicted octanol–water partition coefficient (Wildman–Crippen LogP) is 3.50. The third-order valence-corrected chi connectivity index (χ3v) is 5.43. The number of terminal acetylenes is 1. The third-order valence-electron chi connectivity index (χ3n) is 4.23. The fraction of sp³-hybridized carbons (Fsp3) is 0.300. The summed E-state index contributed by atoms with van der Waals surface area (Å²) in [6.07, 6.45) is 11.0. The number of primary amides is 1. The molecule has 2 aromatic rings. The third kappa shape index (κ3) is 3.73. The number of fused-ring (bicyclic) bond motifs is 1. The van der Waals surface area contributed by atoms with E-state index in [1.807, 2.05) is 12.1 Å². The van der Waals surface area contributed by atoms with Crippen LogP contribution < -0.4 is 15.2 Å². The second kappa shape index (κ2) is 8.07. The summed E-state index contributed by atoms with van der Waals surface area (Å²) in [5, 5.41) is 0.677. The lowest BCUT2D eigenvalue weighted by molar-refractivity contribution is 0.100. The molecular formula is C20H20N2O3S. The van der Waals surface area contributed by atoms with Crippen LogP contribution in [0.3, 0.4) is 0 Å². The summed E-state index contributed by atoms with van der Waals surface area (Å²) in [4.78, 5) is 17.7. The van der Waals surface area contributed by atoms with Crippen molar-refractivity contribution in [1.82, 2.24) is 0 Å². The number of hydrogen-bond donors (Lipinski definition) is 1. The molecule has 0 saturated carbocycles. The molecule has 0 aliphatic heterocycles. The number of carbonyl (C=O) groups excluding carboxylic acids is 1. The number of aryl methyl sites for hydroxylation is 1. The number of methoxy groups -OCH3 is 1. The van der Waals surface area contributed by atoms with Gasteiger partial charge < -0.3 is 15.2 Å². The van der Waals surface area contributed by atoms with Gasteiger partial charge in [0.2, 0.25) is 0 Å². The van der Waals surface area contributed by atoms with Crippen molar-refractivity contribution in [2.45, 2.75) is 25.7 Å². The van der Waals surface area contributed by atoms with Crippen molar-refractivity contribution in [3.8, 4) is 23.8 Å². The van der Waals surface area contributed by atoms with E-state index in [-0.39, 0.29) is 6.61 Å². The van der Waals surface area contributed by atoms with Gasteiger partial charge in [0, 0.05) is 11.1 Å². The summed E-state index contributed by atoms with van der Waals surface area (Å²) < 4.78 is 10.8. The van der Waals surface area contributed by atoms with E-state index in [1.165, 1.54) is 4.88 Å². The molecule has 1 aromatic carbocycles. The minimum atomic E-state index is -0.410. The van der Waals surface area contributed by atoms with Gasteiger partial charge in [0.15, 0.2) is 11.5 Å². The molecule has 6 heteroatoms. The number of benzene rings is 1. The van der Waals surface area contributed by atoms with Gasteiger partial charge in [-0.2, -0.15) is 0 Å². The number of carbonyl (C=O) groups is 1. The maximum Gasteiger partial charge on any atom is 0.252 e. The lowest BCUT2D eigenvalue weighted by Crippen LogP contribution is -2.14. The van der Waals surface area contributed by atoms with Crippen LogP contribution in [0.1, 0.15) is 39.2 Å². The molecule has 0 bridgehead atoms. The second-order valence-corrected chi connectivity index (χ2v) is 7.00. The van der Waals surface area contributed by atoms with Gasteiger partial charge in [0.1, 0.15) is 11.6 Å². The lowest BCUT2D eigenvalue weighted by Gasteiger charge is -2.10. The maximum absolute atomic E-state index is 11.9. The molecule has 0 fully saturated rings. The Morgan fingerprint density at radius 3 is 2.92 bits per heavy atom. The van der Waals surface area contributed by atoms with Gasteiger partial charge in [0.05, 0.1) is 12.7 Å². The summed E-state index contributed by atoms with van der Waals surface area (Å²) in [5.41, 5.74) is 8.09. The van der Waals surface area contributed by atoms with Crippen molar-refractivity contribution in [2.75, 3.05) is 13.7 Å². The molecule has 1 aliphatic rings. The Kier molecular flexibility index (Phi) is 5.59. The van der Waals surface area contributed by atoms with E-state index < -0.39 is 5.91 Å². The highest BCUT2D eigenvalue weighted by Crippen LogP contribution is 2.39. The van der Waals surface area contributed by atoms with E-state index in [2.05, 4.69) is 10.9 Å². The van der Waals surface area contributed by atoms with Gasteiger partial charge in [-0.15, -0.1) is 17.8 Å². The standard InChI is InChI=1S/C20H20N2O3S/c1-3-10-25-15-9-8-13(11-16(15)24-2)12-22-20-18(19(21)23)14-6-4-5-7-17(14)26-20/h1,8-9,11-12H,4-7,10H2,2H3,(H2,21,23). The summed E-state index contributed by atoms with van der Waals surface area (Å²) in [6.45, 7) is 0.173. The maximum atomic E-state index is 11.9. The van der Waals surface area contributed by atoms with Crippen molar-refractivity contribution in [3.63, 3.8) is 0 Å². The van der Waals surface area contributed by atoms with E-state index >= 15 is 0 Å². The molecule has 0 radical (unpaired) electrons. The average Bonchev–Trinajstić information content (AvgIpc) is 3.03. The second-order valence-electron chi connectivity index (χ2n) is 5.92. The minimum absolute atomic E-state index is 0.173. The first kappa shape index (κ1) is 18.0. The van der Waals surface area contributed by atoms with Gasteiger partial charge in [-0.25, -0.2) is 4.99 Å². The fourth-order valence-corrected chi connectivity index (χ4v) is 4.27. The Hall–Kier alpha value is -2.78. The van der Waals surface area contributed by atoms with Crippen molar-refractivity contribution >= 4 is 28.5 Å². The van der Waals surface area contributed by atoms with E-state index in [0.29, 0.717) is 22.1 Å². The number of thiophene rings is 1. The van der Waals surface area contributed by atoms with Crippen LogP contribution in [0.2, 0.25) is 0 Å². The SMILES string of the molecule is C#CCOc1ccc(C=Nc2sc3c(c2C(N)=O)CCCC3)cc1OC. The van der Waals surface area contributed by atoms with Crippen LogP contribution in [0.15, 0.2) is 23.2 Å². The van der Waals surface area contributed by atoms with Gasteiger partial charge in [-0.3, -0.25) is 4.79 Å². The highest BCUT2D eigenvalue weighted by Gasteiger charge is 2.23. The Balaban J connectivity index is 1.89. The molecule has 0 unspecified atom stereocenters. The van der Waals surface area contributed by atoms with Crippen LogP contribution in [0.4, 0.5) is 5.00 Å². The van der Waals surface area contributed by atoms with Gasteiger partial charge >= 0.3 is 0 Å². The van der Waals surface area contributed by atoms with E-state index in [9.17, 15) is 4.79 Å². The zero-order valence-electron chi connectivity index (χ0n) is 14.6. The van der Waals surface area contributed by atoms with Gasteiger partial charge in [-0.05, 0) is 55.0 Å². The largest absolute Gasteiger partial charge is 0.493 e. The molecule has 2 N–H and O–H groups in total. The van der Waals surface area contributed by atoms with Crippen molar-refractivity contribution in [1.29, 1.82) is 0 Å². The molecule has 134 valence electrons. The highest BCUT2D eigenvalue weighted by molar-refractivity contribution is 7.16. The Morgan fingerprint density at radius 2 is 2.19 bits per heavy atom. The fourth-order valence-electron chi connectivity index (χ4n) is 3.03. The first-order chi connectivity index (χ1) is 12.6. The van der Waals surface area contributed by atoms with Crippen LogP contribution in [0.5, 0.6) is 11.5 Å². The molecule has 0 spiro atoms. The van der Waals surface area contributed by atoms with Crippen molar-refractivity contribution < 1.29 is 14.3 Å². The molecular weight excluding hydrogens is 348 g/mol. The number of nitrogens with zero attached hydrogens (tertiary/aromatic N) is 1. The molecule has 26 heavy (non-hydrogen) atoms. The number of ether oxygens (including phenoxy) is 2. The summed E-state index contributed by atoms with van der Waals surface area (Å²) in [5.74, 6) is 3.16. The number of amides is 1. The lowest BCUT2D eigenvalue weighted by atomic mass is 9.95. The molecule has 1 aromatic heterocycles. The molecule has 1 aliphatic carbocycles. The van der Waals surface area contributed by atoms with Crippen molar-refractivity contribution in [2.24, 2.45) is 10.7 Å². The first-order valence-electron chi connectivity index (χ1n) is 8.36. The zero-order valence-corrected chi connectivity index (χ0v) is 15.4. The van der Waals surface area contributed by atoms with E-state index in [1.54, 1.807) is 30.7 Å². The Morgan fingerprint density at radius 1 is 1.38 bits per heavy atom. The van der Waals surface area contributed by atoms with Gasteiger partial charge in [0.25, 0.3) is 5.91 Å². The van der Waals surface area contributed by atoms with Crippen LogP contribution >= 0.6 is 11.3 Å². The van der Waals surface area contributed by atoms with Gasteiger partial charge in [-0.1, -0.05) is 5.92 Å². The number of hydrogen-bond acceptors (Lipinski definition) is 5. The molecule has 3 rings (SSSR count). The number of aliphatic imine (C=N–C) groups is 1. The highest BCUT2D eigenvalue weighted by atomic mass is 32.1. The first-order valence-corrected chi connectivity index (χ1v) is 9.18. The smallest absolute Gasteiger partial charge is 0.252 e. The number of nitrogens with two attached hydrogens (primary N) is 1. The Bertz CT molecular complexity index is 893. The summed E-state index contributed by atoms with van der Waals surface area (Å²) in [6, 6.07) is 5.45. The Labute approximate surface area is 156 Å². The van der Waals surface area contributed by atoms with Crippen LogP contribution in [0.25, 0.3) is 0 Å². The zero-order chi connectivity index (χ0) is 18.5. The molecule has 0 saturated heterocycles. The topological polar surface area (TPSA) is 73.9 Å². The summed E-state index contributed by atoms with van der Waals surface area (Å²) in [7, 11) is 1.57. The monoisotopic (exact) mass is 368 g/mol. The predicted molar refractivity (Wildman–Crippen MR) is 104 cm³/mol. The average molecular weight is 368 g/mol. The quantitative estimate of drug-likeness (QED) is 0.626. The molecule has 1 heterocycles. The van der Waals surface area contributed by atoms with E-state index in [4.69, 9.17) is 21.6 Å². The summed E-state index contributed by atoms with van der Waals surface area (Å²) >= 11 is 1.56. The van der Waals surface area contributed by atoms with E-state index in [0.717, 1.165) is 36.8 Å². The van der Waals surface area contributed by atoms with Crippen LogP contribution in [-0.4, -0.2) is 25.8 Å². The van der Waals surface area contributed by atoms with Crippen LogP contribution in [-0.2, 0) is 12.8 Å². The number of rotatable bonds is 6. The minimum Gasteiger partial charge on any atom is -0.493 e.